The number of nitrogens with zero attached hydrogens (tertiary/aromatic N) is 2. The van der Waals surface area contributed by atoms with E-state index in [2.05, 4.69) is 20.8 Å². The Bertz CT molecular complexity index is 833. The quantitative estimate of drug-likeness (QED) is 0.610. The Kier molecular flexibility index (Phi) is 5.38. The van der Waals surface area contributed by atoms with Crippen LogP contribution in [-0.2, 0) is 6.54 Å². The number of anilines is 1. The van der Waals surface area contributed by atoms with Gasteiger partial charge in [0.15, 0.2) is 0 Å². The number of hydrogen-bond donors (Lipinski definition) is 3. The topological polar surface area (TPSA) is 100 Å². The van der Waals surface area contributed by atoms with Gasteiger partial charge in [-0.05, 0) is 18.2 Å². The third-order valence-electron chi connectivity index (χ3n) is 3.47. The Morgan fingerprint density at radius 1 is 1.12 bits per heavy atom. The second-order valence-corrected chi connectivity index (χ2v) is 5.29. The number of hydrogen-bond acceptors (Lipinski definition) is 6. The minimum atomic E-state index is -0.234. The molecular weight excluding hydrogens is 320 g/mol. The Morgan fingerprint density at radius 2 is 1.96 bits per heavy atom. The maximum atomic E-state index is 11.9. The van der Waals surface area contributed by atoms with Gasteiger partial charge >= 0.3 is 0 Å². The summed E-state index contributed by atoms with van der Waals surface area (Å²) in [5, 5.41) is 18.5. The van der Waals surface area contributed by atoms with Crippen molar-refractivity contribution in [3.63, 3.8) is 0 Å². The summed E-state index contributed by atoms with van der Waals surface area (Å²) in [4.78, 5) is 16.2. The van der Waals surface area contributed by atoms with Gasteiger partial charge in [-0.3, -0.25) is 4.79 Å². The zero-order valence-corrected chi connectivity index (χ0v) is 13.5. The van der Waals surface area contributed by atoms with Gasteiger partial charge in [0.05, 0.1) is 13.2 Å². The molecule has 7 heteroatoms. The predicted octanol–water partition coefficient (Wildman–Crippen LogP) is 2.07. The molecule has 0 unspecified atom stereocenters. The van der Waals surface area contributed by atoms with Crippen molar-refractivity contribution < 1.29 is 14.4 Å². The molecule has 0 aliphatic rings. The molecule has 3 rings (SSSR count). The van der Waals surface area contributed by atoms with Crippen LogP contribution >= 0.6 is 0 Å². The van der Waals surface area contributed by atoms with E-state index in [1.165, 1.54) is 0 Å². The number of amides is 1. The molecule has 3 aromatic rings. The normalized spacial score (nSPS) is 10.4. The van der Waals surface area contributed by atoms with E-state index in [9.17, 15) is 4.79 Å². The number of aliphatic hydroxyl groups excluding tert-OH is 1. The Hall–Kier alpha value is -3.19. The van der Waals surface area contributed by atoms with Crippen molar-refractivity contribution in [3.05, 3.63) is 66.1 Å². The van der Waals surface area contributed by atoms with Gasteiger partial charge in [-0.15, -0.1) is 0 Å². The van der Waals surface area contributed by atoms with Crippen LogP contribution in [0.1, 0.15) is 16.2 Å². The van der Waals surface area contributed by atoms with E-state index < -0.39 is 0 Å². The van der Waals surface area contributed by atoms with E-state index in [-0.39, 0.29) is 19.1 Å². The van der Waals surface area contributed by atoms with Crippen LogP contribution in [0.5, 0.6) is 0 Å². The Morgan fingerprint density at radius 3 is 2.76 bits per heavy atom. The molecule has 2 aromatic carbocycles. The van der Waals surface area contributed by atoms with Crippen LogP contribution in [-0.4, -0.2) is 34.3 Å². The van der Waals surface area contributed by atoms with Crippen LogP contribution < -0.4 is 10.6 Å². The van der Waals surface area contributed by atoms with Crippen LogP contribution in [0.25, 0.3) is 11.4 Å². The van der Waals surface area contributed by atoms with Crippen molar-refractivity contribution >= 4 is 11.6 Å². The van der Waals surface area contributed by atoms with E-state index in [4.69, 9.17) is 9.63 Å². The van der Waals surface area contributed by atoms with E-state index in [1.54, 1.807) is 18.2 Å². The fourth-order valence-corrected chi connectivity index (χ4v) is 2.25. The number of nitrogens with one attached hydrogen (secondary N) is 2. The Balaban J connectivity index is 1.62. The standard InChI is InChI=1S/C18H18N4O3/c23-10-9-19-18(24)14-7-4-8-15(11-14)20-12-16-21-17(22-25-16)13-5-2-1-3-6-13/h1-8,11,20,23H,9-10,12H2,(H,19,24). The van der Waals surface area contributed by atoms with E-state index in [0.29, 0.717) is 23.8 Å². The minimum absolute atomic E-state index is 0.0927. The van der Waals surface area contributed by atoms with Crippen molar-refractivity contribution in [3.8, 4) is 11.4 Å². The molecule has 1 aromatic heterocycles. The molecule has 0 saturated carbocycles. The second-order valence-electron chi connectivity index (χ2n) is 5.29. The van der Waals surface area contributed by atoms with Crippen molar-refractivity contribution in [2.75, 3.05) is 18.5 Å². The first-order chi connectivity index (χ1) is 12.3. The fraction of sp³-hybridized carbons (Fsp3) is 0.167. The number of rotatable bonds is 7. The van der Waals surface area contributed by atoms with Gasteiger partial charge in [0.1, 0.15) is 0 Å². The molecule has 0 radical (unpaired) electrons. The predicted molar refractivity (Wildman–Crippen MR) is 92.9 cm³/mol. The molecule has 0 fully saturated rings. The van der Waals surface area contributed by atoms with Crippen LogP contribution in [0.4, 0.5) is 5.69 Å². The number of aromatic nitrogens is 2. The molecule has 0 bridgehead atoms. The molecule has 0 saturated heterocycles. The van der Waals surface area contributed by atoms with Gasteiger partial charge in [-0.2, -0.15) is 4.98 Å². The molecular formula is C18H18N4O3. The molecule has 0 spiro atoms. The maximum absolute atomic E-state index is 11.9. The zero-order valence-electron chi connectivity index (χ0n) is 13.5. The molecule has 1 heterocycles. The van der Waals surface area contributed by atoms with Gasteiger partial charge in [-0.25, -0.2) is 0 Å². The summed E-state index contributed by atoms with van der Waals surface area (Å²) in [6, 6.07) is 16.6. The first-order valence-electron chi connectivity index (χ1n) is 7.87. The van der Waals surface area contributed by atoms with Gasteiger partial charge in [0.25, 0.3) is 5.91 Å². The lowest BCUT2D eigenvalue weighted by molar-refractivity contribution is 0.0945. The molecule has 128 valence electrons. The number of benzene rings is 2. The third-order valence-corrected chi connectivity index (χ3v) is 3.47. The molecule has 25 heavy (non-hydrogen) atoms. The summed E-state index contributed by atoms with van der Waals surface area (Å²) < 4.78 is 5.24. The first kappa shape index (κ1) is 16.7. The number of carbonyl (C=O) groups excluding carboxylic acids is 1. The summed E-state index contributed by atoms with van der Waals surface area (Å²) in [5.41, 5.74) is 2.16. The largest absolute Gasteiger partial charge is 0.395 e. The summed E-state index contributed by atoms with van der Waals surface area (Å²) in [5.74, 6) is 0.755. The number of aliphatic hydroxyl groups is 1. The van der Waals surface area contributed by atoms with Gasteiger partial charge in [0, 0.05) is 23.4 Å². The smallest absolute Gasteiger partial charge is 0.251 e. The lowest BCUT2D eigenvalue weighted by atomic mass is 10.2. The first-order valence-corrected chi connectivity index (χ1v) is 7.87. The Labute approximate surface area is 144 Å². The highest BCUT2D eigenvalue weighted by atomic mass is 16.5. The lowest BCUT2D eigenvalue weighted by Gasteiger charge is -2.07. The van der Waals surface area contributed by atoms with E-state index in [0.717, 1.165) is 11.3 Å². The third kappa shape index (κ3) is 4.42. The molecule has 0 aliphatic carbocycles. The summed E-state index contributed by atoms with van der Waals surface area (Å²) in [6.07, 6.45) is 0. The van der Waals surface area contributed by atoms with Crippen molar-refractivity contribution in [2.45, 2.75) is 6.54 Å². The summed E-state index contributed by atoms with van der Waals surface area (Å²) >= 11 is 0. The van der Waals surface area contributed by atoms with Crippen molar-refractivity contribution in [1.82, 2.24) is 15.5 Å². The molecule has 1 amide bonds. The monoisotopic (exact) mass is 338 g/mol. The van der Waals surface area contributed by atoms with E-state index in [1.807, 2.05) is 36.4 Å². The zero-order chi connectivity index (χ0) is 17.5. The summed E-state index contributed by atoms with van der Waals surface area (Å²) in [6.45, 7) is 0.479. The number of carbonyl (C=O) groups is 1. The van der Waals surface area contributed by atoms with Gasteiger partial charge < -0.3 is 20.3 Å². The van der Waals surface area contributed by atoms with Crippen LogP contribution in [0.15, 0.2) is 59.1 Å². The molecule has 3 N–H and O–H groups in total. The maximum Gasteiger partial charge on any atom is 0.251 e. The minimum Gasteiger partial charge on any atom is -0.395 e. The summed E-state index contributed by atoms with van der Waals surface area (Å²) in [7, 11) is 0. The van der Waals surface area contributed by atoms with Crippen molar-refractivity contribution in [1.29, 1.82) is 0 Å². The molecule has 7 nitrogen and oxygen atoms in total. The average Bonchev–Trinajstić information content (AvgIpc) is 3.14. The highest BCUT2D eigenvalue weighted by Crippen LogP contribution is 2.16. The van der Waals surface area contributed by atoms with Crippen LogP contribution in [0.3, 0.4) is 0 Å². The second kappa shape index (κ2) is 8.07. The fourth-order valence-electron chi connectivity index (χ4n) is 2.25. The average molecular weight is 338 g/mol. The van der Waals surface area contributed by atoms with Crippen LogP contribution in [0, 0.1) is 0 Å². The van der Waals surface area contributed by atoms with Crippen molar-refractivity contribution in [2.24, 2.45) is 0 Å². The SMILES string of the molecule is O=C(NCCO)c1cccc(NCc2nc(-c3ccccc3)no2)c1. The highest BCUT2D eigenvalue weighted by molar-refractivity contribution is 5.95. The molecule has 0 aliphatic heterocycles. The van der Waals surface area contributed by atoms with E-state index >= 15 is 0 Å². The van der Waals surface area contributed by atoms with Crippen LogP contribution in [0.2, 0.25) is 0 Å². The lowest BCUT2D eigenvalue weighted by Crippen LogP contribution is -2.26. The van der Waals surface area contributed by atoms with Gasteiger partial charge in [-0.1, -0.05) is 41.6 Å². The molecule has 0 atom stereocenters. The highest BCUT2D eigenvalue weighted by Gasteiger charge is 2.09. The van der Waals surface area contributed by atoms with Gasteiger partial charge in [0.2, 0.25) is 11.7 Å².